The quantitative estimate of drug-likeness (QED) is 0.624. The van der Waals surface area contributed by atoms with Gasteiger partial charge in [-0.15, -0.1) is 23.5 Å². The summed E-state index contributed by atoms with van der Waals surface area (Å²) >= 11 is 3.10. The van der Waals surface area contributed by atoms with Gasteiger partial charge >= 0.3 is 0 Å². The van der Waals surface area contributed by atoms with Crippen LogP contribution in [-0.4, -0.2) is 10.1 Å². The van der Waals surface area contributed by atoms with E-state index < -0.39 is 0 Å². The maximum atomic E-state index is 7.37. The Kier molecular flexibility index (Phi) is 5.63. The van der Waals surface area contributed by atoms with Crippen LogP contribution in [0.4, 0.5) is 0 Å². The lowest BCUT2D eigenvalue weighted by Gasteiger charge is -2.04. The zero-order chi connectivity index (χ0) is 12.0. The smallest absolute Gasteiger partial charge is 0.0613 e. The second kappa shape index (κ2) is 6.76. The minimum atomic E-state index is 0.648. The molecular formula is C12H16N2S2. The maximum absolute atomic E-state index is 7.37. The lowest BCUT2D eigenvalue weighted by molar-refractivity contribution is 1.33. The van der Waals surface area contributed by atoms with Crippen molar-refractivity contribution in [2.24, 2.45) is 0 Å². The third-order valence-electron chi connectivity index (χ3n) is 1.90. The van der Waals surface area contributed by atoms with Crippen LogP contribution in [-0.2, 0) is 11.5 Å². The molecule has 1 rings (SSSR count). The molecule has 0 spiro atoms. The maximum Gasteiger partial charge on any atom is 0.0613 e. The minimum Gasteiger partial charge on any atom is -0.299 e. The first-order chi connectivity index (χ1) is 7.58. The molecule has 16 heavy (non-hydrogen) atoms. The Balaban J connectivity index is 2.56. The molecule has 1 aromatic carbocycles. The van der Waals surface area contributed by atoms with Crippen molar-refractivity contribution in [1.29, 1.82) is 10.8 Å². The summed E-state index contributed by atoms with van der Waals surface area (Å²) in [5, 5.41) is 16.0. The lowest BCUT2D eigenvalue weighted by atomic mass is 10.2. The SMILES string of the molecule is CC(=N)SCc1cccc(CSC(C)=N)c1. The van der Waals surface area contributed by atoms with E-state index in [0.29, 0.717) is 10.1 Å². The molecule has 0 saturated carbocycles. The van der Waals surface area contributed by atoms with Gasteiger partial charge in [-0.2, -0.15) is 0 Å². The first-order valence-electron chi connectivity index (χ1n) is 5.01. The van der Waals surface area contributed by atoms with E-state index in [1.54, 1.807) is 23.5 Å². The van der Waals surface area contributed by atoms with Gasteiger partial charge in [0, 0.05) is 11.5 Å². The molecule has 0 radical (unpaired) electrons. The van der Waals surface area contributed by atoms with Gasteiger partial charge in [0.05, 0.1) is 10.1 Å². The number of hydrogen-bond donors (Lipinski definition) is 2. The van der Waals surface area contributed by atoms with Gasteiger partial charge in [-0.1, -0.05) is 24.3 Å². The molecule has 2 nitrogen and oxygen atoms in total. The van der Waals surface area contributed by atoms with Gasteiger partial charge in [0.2, 0.25) is 0 Å². The third kappa shape index (κ3) is 5.37. The second-order valence-electron chi connectivity index (χ2n) is 3.51. The molecule has 2 N–H and O–H groups in total. The monoisotopic (exact) mass is 252 g/mol. The van der Waals surface area contributed by atoms with Gasteiger partial charge in [0.25, 0.3) is 0 Å². The Morgan fingerprint density at radius 1 is 1.00 bits per heavy atom. The van der Waals surface area contributed by atoms with Crippen LogP contribution >= 0.6 is 23.5 Å². The summed E-state index contributed by atoms with van der Waals surface area (Å²) in [5.41, 5.74) is 2.50. The molecule has 1 aromatic rings. The number of benzene rings is 1. The topological polar surface area (TPSA) is 47.7 Å². The first kappa shape index (κ1) is 13.3. The highest BCUT2D eigenvalue weighted by Gasteiger charge is 1.99. The van der Waals surface area contributed by atoms with Crippen molar-refractivity contribution in [2.75, 3.05) is 0 Å². The van der Waals surface area contributed by atoms with Gasteiger partial charge < -0.3 is 0 Å². The van der Waals surface area contributed by atoms with Crippen molar-refractivity contribution < 1.29 is 0 Å². The van der Waals surface area contributed by atoms with E-state index >= 15 is 0 Å². The lowest BCUT2D eigenvalue weighted by Crippen LogP contribution is -1.89. The van der Waals surface area contributed by atoms with E-state index in [2.05, 4.69) is 18.2 Å². The van der Waals surface area contributed by atoms with Crippen molar-refractivity contribution in [1.82, 2.24) is 0 Å². The predicted molar refractivity (Wildman–Crippen MR) is 75.8 cm³/mol. The van der Waals surface area contributed by atoms with Crippen molar-refractivity contribution in [3.8, 4) is 0 Å². The number of hydrogen-bond acceptors (Lipinski definition) is 4. The van der Waals surface area contributed by atoms with Crippen LogP contribution in [0.3, 0.4) is 0 Å². The fraction of sp³-hybridized carbons (Fsp3) is 0.333. The average Bonchev–Trinajstić information content (AvgIpc) is 2.24. The molecule has 0 unspecified atom stereocenters. The summed E-state index contributed by atoms with van der Waals surface area (Å²) in [4.78, 5) is 0. The molecule has 0 aliphatic rings. The Labute approximate surface area is 105 Å². The number of rotatable bonds is 4. The summed E-state index contributed by atoms with van der Waals surface area (Å²) in [6.07, 6.45) is 0. The molecule has 0 heterocycles. The van der Waals surface area contributed by atoms with Crippen LogP contribution in [0.15, 0.2) is 24.3 Å². The van der Waals surface area contributed by atoms with Gasteiger partial charge in [-0.05, 0) is 25.0 Å². The van der Waals surface area contributed by atoms with Gasteiger partial charge in [0.15, 0.2) is 0 Å². The molecule has 0 fully saturated rings. The molecule has 0 aliphatic carbocycles. The molecule has 0 bridgehead atoms. The van der Waals surface area contributed by atoms with Crippen LogP contribution < -0.4 is 0 Å². The Hall–Kier alpha value is -0.740. The van der Waals surface area contributed by atoms with Crippen molar-refractivity contribution in [3.63, 3.8) is 0 Å². The first-order valence-corrected chi connectivity index (χ1v) is 6.99. The van der Waals surface area contributed by atoms with E-state index in [4.69, 9.17) is 10.8 Å². The highest BCUT2D eigenvalue weighted by Crippen LogP contribution is 2.18. The molecule has 0 aromatic heterocycles. The standard InChI is InChI=1S/C12H16N2S2/c1-9(13)15-7-11-4-3-5-12(6-11)8-16-10(2)14/h3-6,13-14H,7-8H2,1-2H3. The second-order valence-corrected chi connectivity index (χ2v) is 5.89. The van der Waals surface area contributed by atoms with Crippen molar-refractivity contribution in [2.45, 2.75) is 25.4 Å². The molecule has 0 aliphatic heterocycles. The normalized spacial score (nSPS) is 10.1. The van der Waals surface area contributed by atoms with Crippen LogP contribution in [0, 0.1) is 10.8 Å². The van der Waals surface area contributed by atoms with Crippen LogP contribution in [0.5, 0.6) is 0 Å². The minimum absolute atomic E-state index is 0.648. The molecule has 4 heteroatoms. The van der Waals surface area contributed by atoms with Crippen LogP contribution in [0.1, 0.15) is 25.0 Å². The van der Waals surface area contributed by atoms with Gasteiger partial charge in [0.1, 0.15) is 0 Å². The molecule has 0 amide bonds. The van der Waals surface area contributed by atoms with Crippen molar-refractivity contribution in [3.05, 3.63) is 35.4 Å². The van der Waals surface area contributed by atoms with E-state index in [1.807, 2.05) is 19.9 Å². The van der Waals surface area contributed by atoms with E-state index in [0.717, 1.165) is 11.5 Å². The summed E-state index contributed by atoms with van der Waals surface area (Å²) in [6, 6.07) is 8.37. The molecule has 0 atom stereocenters. The van der Waals surface area contributed by atoms with Crippen LogP contribution in [0.25, 0.3) is 0 Å². The van der Waals surface area contributed by atoms with Crippen LogP contribution in [0.2, 0.25) is 0 Å². The Morgan fingerprint density at radius 3 is 1.81 bits per heavy atom. The zero-order valence-corrected chi connectivity index (χ0v) is 11.2. The summed E-state index contributed by atoms with van der Waals surface area (Å²) in [7, 11) is 0. The van der Waals surface area contributed by atoms with E-state index in [9.17, 15) is 0 Å². The number of nitrogens with one attached hydrogen (secondary N) is 2. The highest BCUT2D eigenvalue weighted by atomic mass is 32.2. The van der Waals surface area contributed by atoms with Gasteiger partial charge in [-0.25, -0.2) is 0 Å². The number of thioether (sulfide) groups is 2. The molecule has 86 valence electrons. The largest absolute Gasteiger partial charge is 0.299 e. The Morgan fingerprint density at radius 2 is 1.44 bits per heavy atom. The van der Waals surface area contributed by atoms with E-state index in [-0.39, 0.29) is 0 Å². The summed E-state index contributed by atoms with van der Waals surface area (Å²) < 4.78 is 0. The third-order valence-corrected chi connectivity index (χ3v) is 3.72. The average molecular weight is 252 g/mol. The van der Waals surface area contributed by atoms with Gasteiger partial charge in [-0.3, -0.25) is 10.8 Å². The molecular weight excluding hydrogens is 236 g/mol. The fourth-order valence-electron chi connectivity index (χ4n) is 1.19. The van der Waals surface area contributed by atoms with E-state index in [1.165, 1.54) is 11.1 Å². The van der Waals surface area contributed by atoms with Crippen molar-refractivity contribution >= 4 is 33.6 Å². The summed E-state index contributed by atoms with van der Waals surface area (Å²) in [6.45, 7) is 3.62. The Bertz CT molecular complexity index is 355. The summed E-state index contributed by atoms with van der Waals surface area (Å²) in [5.74, 6) is 1.72. The predicted octanol–water partition coefficient (Wildman–Crippen LogP) is 4.15. The zero-order valence-electron chi connectivity index (χ0n) is 9.54. The highest BCUT2D eigenvalue weighted by molar-refractivity contribution is 8.13. The fourth-order valence-corrected chi connectivity index (χ4v) is 2.32. The molecule has 0 saturated heterocycles.